The SMILES string of the molecule is CC(NC(=O)C1(CN)CCCC1)c1cccc(C(F)(F)F)c1. The Morgan fingerprint density at radius 1 is 1.36 bits per heavy atom. The predicted molar refractivity (Wildman–Crippen MR) is 78.0 cm³/mol. The second-order valence-corrected chi connectivity index (χ2v) is 6.01. The van der Waals surface area contributed by atoms with Crippen LogP contribution in [0.25, 0.3) is 0 Å². The molecule has 1 aliphatic carbocycles. The van der Waals surface area contributed by atoms with Crippen molar-refractivity contribution < 1.29 is 18.0 Å². The molecule has 2 rings (SSSR count). The molecule has 0 aliphatic heterocycles. The number of hydrogen-bond donors (Lipinski definition) is 2. The number of alkyl halides is 3. The van der Waals surface area contributed by atoms with E-state index in [0.29, 0.717) is 5.56 Å². The summed E-state index contributed by atoms with van der Waals surface area (Å²) in [5.41, 5.74) is 4.93. The fourth-order valence-electron chi connectivity index (χ4n) is 2.99. The van der Waals surface area contributed by atoms with E-state index in [2.05, 4.69) is 5.32 Å². The molecule has 3 N–H and O–H groups in total. The Labute approximate surface area is 128 Å². The smallest absolute Gasteiger partial charge is 0.349 e. The maximum atomic E-state index is 12.8. The van der Waals surface area contributed by atoms with E-state index in [1.165, 1.54) is 6.07 Å². The van der Waals surface area contributed by atoms with E-state index in [0.717, 1.165) is 37.8 Å². The highest BCUT2D eigenvalue weighted by atomic mass is 19.4. The van der Waals surface area contributed by atoms with Crippen LogP contribution in [0.3, 0.4) is 0 Å². The van der Waals surface area contributed by atoms with Crippen LogP contribution in [0.15, 0.2) is 24.3 Å². The van der Waals surface area contributed by atoms with Gasteiger partial charge in [0.05, 0.1) is 17.0 Å². The maximum Gasteiger partial charge on any atom is 0.416 e. The van der Waals surface area contributed by atoms with Gasteiger partial charge in [0.15, 0.2) is 0 Å². The normalized spacial score (nSPS) is 19.0. The van der Waals surface area contributed by atoms with E-state index in [9.17, 15) is 18.0 Å². The van der Waals surface area contributed by atoms with E-state index >= 15 is 0 Å². The number of hydrogen-bond acceptors (Lipinski definition) is 2. The molecule has 0 radical (unpaired) electrons. The largest absolute Gasteiger partial charge is 0.416 e. The molecule has 3 nitrogen and oxygen atoms in total. The number of nitrogens with one attached hydrogen (secondary N) is 1. The van der Waals surface area contributed by atoms with E-state index in [1.807, 2.05) is 0 Å². The van der Waals surface area contributed by atoms with Crippen molar-refractivity contribution in [2.75, 3.05) is 6.54 Å². The molecule has 0 saturated heterocycles. The lowest BCUT2D eigenvalue weighted by atomic mass is 9.85. The number of halogens is 3. The summed E-state index contributed by atoms with van der Waals surface area (Å²) >= 11 is 0. The van der Waals surface area contributed by atoms with Gasteiger partial charge in [-0.25, -0.2) is 0 Å². The fourth-order valence-corrected chi connectivity index (χ4v) is 2.99. The molecule has 1 atom stereocenters. The molecule has 0 aromatic heterocycles. The van der Waals surface area contributed by atoms with Crippen molar-refractivity contribution in [3.05, 3.63) is 35.4 Å². The average Bonchev–Trinajstić information content (AvgIpc) is 2.96. The molecule has 1 fully saturated rings. The second-order valence-electron chi connectivity index (χ2n) is 6.01. The first-order valence-electron chi connectivity index (χ1n) is 7.47. The van der Waals surface area contributed by atoms with E-state index in [4.69, 9.17) is 5.73 Å². The average molecular weight is 314 g/mol. The predicted octanol–water partition coefficient (Wildman–Crippen LogP) is 3.40. The van der Waals surface area contributed by atoms with Crippen molar-refractivity contribution in [3.8, 4) is 0 Å². The lowest BCUT2D eigenvalue weighted by Crippen LogP contribution is -2.45. The van der Waals surface area contributed by atoms with Crippen LogP contribution in [-0.2, 0) is 11.0 Å². The van der Waals surface area contributed by atoms with Crippen molar-refractivity contribution in [1.82, 2.24) is 5.32 Å². The summed E-state index contributed by atoms with van der Waals surface area (Å²) in [6.07, 6.45) is -0.982. The van der Waals surface area contributed by atoms with Crippen LogP contribution in [0.1, 0.15) is 49.8 Å². The minimum absolute atomic E-state index is 0.155. The van der Waals surface area contributed by atoms with Crippen molar-refractivity contribution in [2.24, 2.45) is 11.1 Å². The minimum atomic E-state index is -4.39. The Balaban J connectivity index is 2.12. The molecule has 1 unspecified atom stereocenters. The number of benzene rings is 1. The zero-order valence-corrected chi connectivity index (χ0v) is 12.5. The Morgan fingerprint density at radius 2 is 2.00 bits per heavy atom. The standard InChI is InChI=1S/C16H21F3N2O/c1-11(12-5-4-6-13(9-12)16(17,18)19)21-14(22)15(10-20)7-2-3-8-15/h4-6,9,11H,2-3,7-8,10,20H2,1H3,(H,21,22). The highest BCUT2D eigenvalue weighted by Crippen LogP contribution is 2.38. The van der Waals surface area contributed by atoms with Gasteiger partial charge in [-0.05, 0) is 37.5 Å². The number of amides is 1. The molecule has 1 aliphatic rings. The van der Waals surface area contributed by atoms with Gasteiger partial charge in [0.2, 0.25) is 5.91 Å². The van der Waals surface area contributed by atoms with Crippen molar-refractivity contribution in [3.63, 3.8) is 0 Å². The van der Waals surface area contributed by atoms with E-state index in [-0.39, 0.29) is 12.5 Å². The van der Waals surface area contributed by atoms with Crippen LogP contribution in [-0.4, -0.2) is 12.5 Å². The highest BCUT2D eigenvalue weighted by molar-refractivity contribution is 5.83. The van der Waals surface area contributed by atoms with Gasteiger partial charge in [-0.2, -0.15) is 13.2 Å². The molecule has 0 heterocycles. The quantitative estimate of drug-likeness (QED) is 0.895. The summed E-state index contributed by atoms with van der Waals surface area (Å²) in [5.74, 6) is -0.155. The highest BCUT2D eigenvalue weighted by Gasteiger charge is 2.40. The van der Waals surface area contributed by atoms with Gasteiger partial charge < -0.3 is 11.1 Å². The Morgan fingerprint density at radius 3 is 2.55 bits per heavy atom. The van der Waals surface area contributed by atoms with Crippen LogP contribution in [0.5, 0.6) is 0 Å². The van der Waals surface area contributed by atoms with Crippen molar-refractivity contribution in [2.45, 2.75) is 44.8 Å². The number of carbonyl (C=O) groups excluding carboxylic acids is 1. The first-order chi connectivity index (χ1) is 10.3. The summed E-state index contributed by atoms with van der Waals surface area (Å²) in [4.78, 5) is 12.5. The summed E-state index contributed by atoms with van der Waals surface area (Å²) < 4.78 is 38.3. The molecular formula is C16H21F3N2O. The number of nitrogens with two attached hydrogens (primary N) is 1. The number of rotatable bonds is 4. The Bertz CT molecular complexity index is 536. The summed E-state index contributed by atoms with van der Waals surface area (Å²) in [7, 11) is 0. The molecule has 1 saturated carbocycles. The van der Waals surface area contributed by atoms with Gasteiger partial charge in [0.1, 0.15) is 0 Å². The van der Waals surface area contributed by atoms with Gasteiger partial charge in [-0.15, -0.1) is 0 Å². The summed E-state index contributed by atoms with van der Waals surface area (Å²) in [6.45, 7) is 1.96. The van der Waals surface area contributed by atoms with E-state index in [1.54, 1.807) is 13.0 Å². The summed E-state index contributed by atoms with van der Waals surface area (Å²) in [6, 6.07) is 4.56. The fraction of sp³-hybridized carbons (Fsp3) is 0.562. The Kier molecular flexibility index (Phi) is 4.80. The summed E-state index contributed by atoms with van der Waals surface area (Å²) in [5, 5.41) is 2.82. The van der Waals surface area contributed by atoms with Crippen molar-refractivity contribution in [1.29, 1.82) is 0 Å². The first-order valence-corrected chi connectivity index (χ1v) is 7.47. The molecule has 1 aromatic carbocycles. The van der Waals surface area contributed by atoms with Gasteiger partial charge in [-0.1, -0.05) is 25.0 Å². The molecule has 1 amide bonds. The third kappa shape index (κ3) is 3.43. The molecule has 6 heteroatoms. The van der Waals surface area contributed by atoms with Gasteiger partial charge in [0, 0.05) is 6.54 Å². The lowest BCUT2D eigenvalue weighted by Gasteiger charge is -2.28. The third-order valence-electron chi connectivity index (χ3n) is 4.49. The van der Waals surface area contributed by atoms with Crippen LogP contribution in [0, 0.1) is 5.41 Å². The molecule has 122 valence electrons. The lowest BCUT2D eigenvalue weighted by molar-refractivity contribution is -0.137. The van der Waals surface area contributed by atoms with Gasteiger partial charge in [-0.3, -0.25) is 4.79 Å². The molecule has 0 spiro atoms. The minimum Gasteiger partial charge on any atom is -0.349 e. The zero-order chi connectivity index (χ0) is 16.4. The van der Waals surface area contributed by atoms with Crippen LogP contribution in [0.2, 0.25) is 0 Å². The molecular weight excluding hydrogens is 293 g/mol. The Hall–Kier alpha value is -1.56. The van der Waals surface area contributed by atoms with Crippen molar-refractivity contribution >= 4 is 5.91 Å². The maximum absolute atomic E-state index is 12.8. The first kappa shape index (κ1) is 16.8. The third-order valence-corrected chi connectivity index (χ3v) is 4.49. The molecule has 22 heavy (non-hydrogen) atoms. The molecule has 1 aromatic rings. The van der Waals surface area contributed by atoms with Crippen LogP contribution in [0.4, 0.5) is 13.2 Å². The van der Waals surface area contributed by atoms with Gasteiger partial charge >= 0.3 is 6.18 Å². The second kappa shape index (κ2) is 6.28. The monoisotopic (exact) mass is 314 g/mol. The molecule has 0 bridgehead atoms. The van der Waals surface area contributed by atoms with Gasteiger partial charge in [0.25, 0.3) is 0 Å². The van der Waals surface area contributed by atoms with Crippen LogP contribution < -0.4 is 11.1 Å². The van der Waals surface area contributed by atoms with E-state index < -0.39 is 23.2 Å². The zero-order valence-electron chi connectivity index (χ0n) is 12.5. The number of carbonyl (C=O) groups is 1. The van der Waals surface area contributed by atoms with Crippen LogP contribution >= 0.6 is 0 Å². The topological polar surface area (TPSA) is 55.1 Å².